The number of halogens is 1. The standard InChI is InChI=1S/C9H14BrN3O/c1-4-11-7-5-12-13(6(2)3)9(14)8(7)10/h5-6,11H,4H2,1-3H3. The summed E-state index contributed by atoms with van der Waals surface area (Å²) in [6.07, 6.45) is 1.66. The van der Waals surface area contributed by atoms with E-state index in [4.69, 9.17) is 0 Å². The van der Waals surface area contributed by atoms with Crippen molar-refractivity contribution in [3.8, 4) is 0 Å². The van der Waals surface area contributed by atoms with Crippen molar-refractivity contribution in [3.63, 3.8) is 0 Å². The van der Waals surface area contributed by atoms with Gasteiger partial charge in [0.15, 0.2) is 0 Å². The smallest absolute Gasteiger partial charge is 0.283 e. The Morgan fingerprint density at radius 1 is 1.64 bits per heavy atom. The Labute approximate surface area is 91.5 Å². The molecule has 0 aromatic carbocycles. The number of rotatable bonds is 3. The van der Waals surface area contributed by atoms with E-state index < -0.39 is 0 Å². The molecule has 0 aliphatic heterocycles. The first-order valence-electron chi connectivity index (χ1n) is 4.59. The first kappa shape index (κ1) is 11.2. The van der Waals surface area contributed by atoms with Gasteiger partial charge >= 0.3 is 0 Å². The van der Waals surface area contributed by atoms with Crippen molar-refractivity contribution in [3.05, 3.63) is 21.0 Å². The highest BCUT2D eigenvalue weighted by Crippen LogP contribution is 2.16. The normalized spacial score (nSPS) is 10.6. The summed E-state index contributed by atoms with van der Waals surface area (Å²) in [4.78, 5) is 11.7. The number of nitrogens with zero attached hydrogens (tertiary/aromatic N) is 2. The van der Waals surface area contributed by atoms with Gasteiger partial charge in [-0.15, -0.1) is 0 Å². The van der Waals surface area contributed by atoms with Gasteiger partial charge in [0, 0.05) is 6.54 Å². The van der Waals surface area contributed by atoms with Crippen molar-refractivity contribution < 1.29 is 0 Å². The summed E-state index contributed by atoms with van der Waals surface area (Å²) < 4.78 is 1.99. The molecule has 0 atom stereocenters. The van der Waals surface area contributed by atoms with Crippen molar-refractivity contribution in [1.82, 2.24) is 9.78 Å². The summed E-state index contributed by atoms with van der Waals surface area (Å²) in [7, 11) is 0. The first-order valence-corrected chi connectivity index (χ1v) is 5.38. The molecule has 1 heterocycles. The minimum Gasteiger partial charge on any atom is -0.383 e. The number of nitrogens with one attached hydrogen (secondary N) is 1. The molecule has 0 amide bonds. The second-order valence-corrected chi connectivity index (χ2v) is 4.04. The molecular weight excluding hydrogens is 246 g/mol. The molecule has 0 saturated heterocycles. The lowest BCUT2D eigenvalue weighted by Gasteiger charge is -2.11. The summed E-state index contributed by atoms with van der Waals surface area (Å²) >= 11 is 3.26. The quantitative estimate of drug-likeness (QED) is 0.904. The van der Waals surface area contributed by atoms with Gasteiger partial charge in [-0.3, -0.25) is 4.79 Å². The van der Waals surface area contributed by atoms with E-state index in [1.54, 1.807) is 6.20 Å². The zero-order valence-corrected chi connectivity index (χ0v) is 10.1. The van der Waals surface area contributed by atoms with Gasteiger partial charge in [-0.05, 0) is 36.7 Å². The molecule has 5 heteroatoms. The fourth-order valence-electron chi connectivity index (χ4n) is 1.13. The van der Waals surface area contributed by atoms with Crippen molar-refractivity contribution in [2.24, 2.45) is 0 Å². The van der Waals surface area contributed by atoms with Gasteiger partial charge in [0.05, 0.1) is 17.9 Å². The van der Waals surface area contributed by atoms with Crippen LogP contribution in [0.4, 0.5) is 5.69 Å². The Morgan fingerprint density at radius 3 is 2.79 bits per heavy atom. The number of aromatic nitrogens is 2. The molecule has 1 rings (SSSR count). The van der Waals surface area contributed by atoms with Gasteiger partial charge in [-0.2, -0.15) is 5.10 Å². The summed E-state index contributed by atoms with van der Waals surface area (Å²) in [5, 5.41) is 7.13. The Hall–Kier alpha value is -0.840. The lowest BCUT2D eigenvalue weighted by atomic mass is 10.4. The van der Waals surface area contributed by atoms with Crippen LogP contribution in [-0.4, -0.2) is 16.3 Å². The van der Waals surface area contributed by atoms with Crippen LogP contribution in [0.2, 0.25) is 0 Å². The van der Waals surface area contributed by atoms with Crippen LogP contribution in [0.25, 0.3) is 0 Å². The van der Waals surface area contributed by atoms with E-state index in [-0.39, 0.29) is 11.6 Å². The zero-order chi connectivity index (χ0) is 10.7. The maximum atomic E-state index is 11.7. The lowest BCUT2D eigenvalue weighted by Crippen LogP contribution is -2.26. The van der Waals surface area contributed by atoms with Crippen molar-refractivity contribution in [2.75, 3.05) is 11.9 Å². The molecule has 0 bridgehead atoms. The monoisotopic (exact) mass is 259 g/mol. The van der Waals surface area contributed by atoms with E-state index in [2.05, 4.69) is 26.3 Å². The Balaban J connectivity index is 3.20. The van der Waals surface area contributed by atoms with Crippen LogP contribution in [0, 0.1) is 0 Å². The van der Waals surface area contributed by atoms with Crippen molar-refractivity contribution in [2.45, 2.75) is 26.8 Å². The van der Waals surface area contributed by atoms with Crippen molar-refractivity contribution in [1.29, 1.82) is 0 Å². The Bertz CT molecular complexity index is 373. The van der Waals surface area contributed by atoms with E-state index in [1.807, 2.05) is 20.8 Å². The second-order valence-electron chi connectivity index (χ2n) is 3.25. The van der Waals surface area contributed by atoms with Crippen LogP contribution in [-0.2, 0) is 0 Å². The molecule has 4 nitrogen and oxygen atoms in total. The molecular formula is C9H14BrN3O. The molecule has 0 radical (unpaired) electrons. The number of hydrogen-bond donors (Lipinski definition) is 1. The summed E-state index contributed by atoms with van der Waals surface area (Å²) in [6, 6.07) is 0.0782. The van der Waals surface area contributed by atoms with Crippen LogP contribution >= 0.6 is 15.9 Å². The average Bonchev–Trinajstić information content (AvgIpc) is 2.13. The molecule has 78 valence electrons. The third-order valence-electron chi connectivity index (χ3n) is 1.80. The highest BCUT2D eigenvalue weighted by Gasteiger charge is 2.09. The zero-order valence-electron chi connectivity index (χ0n) is 8.54. The number of hydrogen-bond acceptors (Lipinski definition) is 3. The fraction of sp³-hybridized carbons (Fsp3) is 0.556. The minimum absolute atomic E-state index is 0.0782. The second kappa shape index (κ2) is 4.59. The van der Waals surface area contributed by atoms with E-state index >= 15 is 0 Å². The van der Waals surface area contributed by atoms with Gasteiger partial charge in [0.2, 0.25) is 0 Å². The summed E-state index contributed by atoms with van der Waals surface area (Å²) in [6.45, 7) is 6.59. The molecule has 1 N–H and O–H groups in total. The van der Waals surface area contributed by atoms with Crippen LogP contribution in [0.1, 0.15) is 26.8 Å². The largest absolute Gasteiger partial charge is 0.383 e. The molecule has 0 unspecified atom stereocenters. The molecule has 14 heavy (non-hydrogen) atoms. The maximum Gasteiger partial charge on any atom is 0.283 e. The SMILES string of the molecule is CCNc1cnn(C(C)C)c(=O)c1Br. The third kappa shape index (κ3) is 2.15. The van der Waals surface area contributed by atoms with Crippen LogP contribution in [0.3, 0.4) is 0 Å². The molecule has 0 fully saturated rings. The molecule has 0 aliphatic rings. The molecule has 0 aliphatic carbocycles. The molecule has 1 aromatic rings. The van der Waals surface area contributed by atoms with Crippen LogP contribution in [0.5, 0.6) is 0 Å². The van der Waals surface area contributed by atoms with Gasteiger partial charge < -0.3 is 5.32 Å². The lowest BCUT2D eigenvalue weighted by molar-refractivity contribution is 0.501. The topological polar surface area (TPSA) is 46.9 Å². The highest BCUT2D eigenvalue weighted by atomic mass is 79.9. The van der Waals surface area contributed by atoms with Gasteiger partial charge in [0.25, 0.3) is 5.56 Å². The molecule has 0 saturated carbocycles. The highest BCUT2D eigenvalue weighted by molar-refractivity contribution is 9.10. The molecule has 0 spiro atoms. The van der Waals surface area contributed by atoms with Gasteiger partial charge in [0.1, 0.15) is 4.47 Å². The molecule has 1 aromatic heterocycles. The van der Waals surface area contributed by atoms with Crippen molar-refractivity contribution >= 4 is 21.6 Å². The Kier molecular flexibility index (Phi) is 3.69. The predicted octanol–water partition coefficient (Wildman–Crippen LogP) is 2.02. The fourth-order valence-corrected chi connectivity index (χ4v) is 1.55. The minimum atomic E-state index is -0.0987. The summed E-state index contributed by atoms with van der Waals surface area (Å²) in [5.41, 5.74) is 0.646. The third-order valence-corrected chi connectivity index (χ3v) is 2.57. The summed E-state index contributed by atoms with van der Waals surface area (Å²) in [5.74, 6) is 0. The number of anilines is 1. The van der Waals surface area contributed by atoms with E-state index in [9.17, 15) is 4.79 Å². The predicted molar refractivity (Wildman–Crippen MR) is 60.7 cm³/mol. The van der Waals surface area contributed by atoms with Gasteiger partial charge in [-0.25, -0.2) is 4.68 Å². The van der Waals surface area contributed by atoms with Gasteiger partial charge in [-0.1, -0.05) is 0 Å². The average molecular weight is 260 g/mol. The van der Waals surface area contributed by atoms with Crippen LogP contribution in [0.15, 0.2) is 15.5 Å². The Morgan fingerprint density at radius 2 is 2.29 bits per heavy atom. The van der Waals surface area contributed by atoms with E-state index in [1.165, 1.54) is 4.68 Å². The van der Waals surface area contributed by atoms with E-state index in [0.717, 1.165) is 12.2 Å². The van der Waals surface area contributed by atoms with Crippen LogP contribution < -0.4 is 10.9 Å². The first-order chi connectivity index (χ1) is 6.57. The maximum absolute atomic E-state index is 11.7. The van der Waals surface area contributed by atoms with E-state index in [0.29, 0.717) is 4.47 Å².